The fraction of sp³-hybridized carbons (Fsp3) is 0.375. The van der Waals surface area contributed by atoms with Crippen molar-refractivity contribution in [3.63, 3.8) is 0 Å². The molecule has 0 spiro atoms. The molecule has 5 heteroatoms. The van der Waals surface area contributed by atoms with Gasteiger partial charge in [-0.1, -0.05) is 19.1 Å². The number of nitrogens with two attached hydrogens (primary N) is 1. The first kappa shape index (κ1) is 13.8. The Bertz CT molecular complexity index is 601. The molecule has 2 N–H and O–H groups in total. The smallest absolute Gasteiger partial charge is 0.192 e. The summed E-state index contributed by atoms with van der Waals surface area (Å²) in [7, 11) is 0. The normalized spacial score (nSPS) is 18.3. The summed E-state index contributed by atoms with van der Waals surface area (Å²) in [6, 6.07) is 7.77. The zero-order valence-electron chi connectivity index (χ0n) is 12.0. The van der Waals surface area contributed by atoms with Gasteiger partial charge in [0.05, 0.1) is 0 Å². The van der Waals surface area contributed by atoms with E-state index in [1.165, 1.54) is 0 Å². The lowest BCUT2D eigenvalue weighted by Crippen LogP contribution is -2.24. The largest absolute Gasteiger partial charge is 0.485 e. The average molecular weight is 285 g/mol. The van der Waals surface area contributed by atoms with E-state index in [0.717, 1.165) is 29.9 Å². The standard InChI is InChI=1S/C16H19N3O2/c1-2-12(17)7-11-8-18-16(19-9-11)15-10-20-13-5-3-4-6-14(13)21-15/h3-6,8-9,12,15H,2,7,10,17H2,1H3. The van der Waals surface area contributed by atoms with Crippen molar-refractivity contribution in [2.75, 3.05) is 6.61 Å². The number of rotatable bonds is 4. The Morgan fingerprint density at radius 1 is 1.24 bits per heavy atom. The summed E-state index contributed by atoms with van der Waals surface area (Å²) >= 11 is 0. The van der Waals surface area contributed by atoms with Gasteiger partial charge < -0.3 is 15.2 Å². The number of aromatic nitrogens is 2. The van der Waals surface area contributed by atoms with Crippen LogP contribution in [-0.4, -0.2) is 22.6 Å². The summed E-state index contributed by atoms with van der Waals surface area (Å²) in [5.74, 6) is 2.13. The number of hydrogen-bond donors (Lipinski definition) is 1. The molecular formula is C16H19N3O2. The predicted octanol–water partition coefficient (Wildman–Crippen LogP) is 2.27. The van der Waals surface area contributed by atoms with E-state index in [9.17, 15) is 0 Å². The van der Waals surface area contributed by atoms with E-state index in [1.807, 2.05) is 36.7 Å². The number of nitrogens with zero attached hydrogens (tertiary/aromatic N) is 2. The molecule has 2 unspecified atom stereocenters. The van der Waals surface area contributed by atoms with E-state index in [4.69, 9.17) is 15.2 Å². The highest BCUT2D eigenvalue weighted by molar-refractivity contribution is 5.41. The second kappa shape index (κ2) is 6.10. The quantitative estimate of drug-likeness (QED) is 0.933. The summed E-state index contributed by atoms with van der Waals surface area (Å²) in [5, 5.41) is 0. The van der Waals surface area contributed by atoms with Gasteiger partial charge in [-0.05, 0) is 30.5 Å². The predicted molar refractivity (Wildman–Crippen MR) is 79.3 cm³/mol. The minimum atomic E-state index is -0.270. The van der Waals surface area contributed by atoms with Crippen molar-refractivity contribution >= 4 is 0 Å². The molecule has 5 nitrogen and oxygen atoms in total. The van der Waals surface area contributed by atoms with E-state index in [-0.39, 0.29) is 12.1 Å². The van der Waals surface area contributed by atoms with Crippen LogP contribution in [0.1, 0.15) is 30.8 Å². The molecular weight excluding hydrogens is 266 g/mol. The van der Waals surface area contributed by atoms with Gasteiger partial charge >= 0.3 is 0 Å². The van der Waals surface area contributed by atoms with Gasteiger partial charge in [0, 0.05) is 18.4 Å². The summed E-state index contributed by atoms with van der Waals surface area (Å²) in [5.41, 5.74) is 6.99. The number of ether oxygens (including phenoxy) is 2. The maximum absolute atomic E-state index is 5.94. The molecule has 2 atom stereocenters. The maximum atomic E-state index is 5.94. The zero-order chi connectivity index (χ0) is 14.7. The van der Waals surface area contributed by atoms with Crippen LogP contribution < -0.4 is 15.2 Å². The third-order valence-electron chi connectivity index (χ3n) is 3.54. The minimum Gasteiger partial charge on any atom is -0.485 e. The highest BCUT2D eigenvalue weighted by Crippen LogP contribution is 2.34. The number of benzene rings is 1. The molecule has 0 bridgehead atoms. The molecule has 0 saturated heterocycles. The lowest BCUT2D eigenvalue weighted by molar-refractivity contribution is 0.0850. The van der Waals surface area contributed by atoms with E-state index in [1.54, 1.807) is 0 Å². The van der Waals surface area contributed by atoms with Crippen molar-refractivity contribution in [1.29, 1.82) is 0 Å². The van der Waals surface area contributed by atoms with Crippen LogP contribution in [0.5, 0.6) is 11.5 Å². The second-order valence-corrected chi connectivity index (χ2v) is 5.19. The van der Waals surface area contributed by atoms with Crippen LogP contribution in [-0.2, 0) is 6.42 Å². The minimum absolute atomic E-state index is 0.153. The molecule has 1 aromatic heterocycles. The lowest BCUT2D eigenvalue weighted by Gasteiger charge is -2.25. The molecule has 0 aliphatic carbocycles. The van der Waals surface area contributed by atoms with Crippen molar-refractivity contribution in [3.8, 4) is 11.5 Å². The molecule has 0 radical (unpaired) electrons. The Labute approximate surface area is 124 Å². The van der Waals surface area contributed by atoms with Gasteiger partial charge in [0.15, 0.2) is 23.4 Å². The van der Waals surface area contributed by atoms with Gasteiger partial charge in [-0.2, -0.15) is 0 Å². The first-order valence-corrected chi connectivity index (χ1v) is 7.21. The van der Waals surface area contributed by atoms with Crippen molar-refractivity contribution in [2.45, 2.75) is 31.9 Å². The van der Waals surface area contributed by atoms with Gasteiger partial charge in [0.25, 0.3) is 0 Å². The summed E-state index contributed by atoms with van der Waals surface area (Å²) < 4.78 is 11.6. The van der Waals surface area contributed by atoms with Crippen LogP contribution in [0.3, 0.4) is 0 Å². The lowest BCUT2D eigenvalue weighted by atomic mass is 10.1. The summed E-state index contributed by atoms with van der Waals surface area (Å²) in [4.78, 5) is 8.78. The van der Waals surface area contributed by atoms with E-state index >= 15 is 0 Å². The van der Waals surface area contributed by atoms with Crippen molar-refractivity contribution in [2.24, 2.45) is 5.73 Å². The third kappa shape index (κ3) is 3.13. The van der Waals surface area contributed by atoms with Gasteiger partial charge in [0.2, 0.25) is 0 Å². The average Bonchev–Trinajstić information content (AvgIpc) is 2.55. The molecule has 1 aliphatic rings. The highest BCUT2D eigenvalue weighted by atomic mass is 16.6. The topological polar surface area (TPSA) is 70.3 Å². The van der Waals surface area contributed by atoms with Crippen LogP contribution >= 0.6 is 0 Å². The summed E-state index contributed by atoms with van der Waals surface area (Å²) in [6.45, 7) is 2.50. The van der Waals surface area contributed by atoms with Crippen molar-refractivity contribution in [3.05, 3.63) is 48.0 Å². The molecule has 0 fully saturated rings. The van der Waals surface area contributed by atoms with Gasteiger partial charge in [-0.3, -0.25) is 0 Å². The Kier molecular flexibility index (Phi) is 4.01. The van der Waals surface area contributed by atoms with Gasteiger partial charge in [-0.25, -0.2) is 9.97 Å². The molecule has 2 aromatic rings. The van der Waals surface area contributed by atoms with E-state index < -0.39 is 0 Å². The molecule has 110 valence electrons. The van der Waals surface area contributed by atoms with E-state index in [0.29, 0.717) is 12.4 Å². The van der Waals surface area contributed by atoms with E-state index in [2.05, 4.69) is 16.9 Å². The fourth-order valence-electron chi connectivity index (χ4n) is 2.23. The van der Waals surface area contributed by atoms with Crippen LogP contribution in [0.25, 0.3) is 0 Å². The number of fused-ring (bicyclic) bond motifs is 1. The molecule has 0 amide bonds. The molecule has 21 heavy (non-hydrogen) atoms. The Hall–Kier alpha value is -2.14. The SMILES string of the molecule is CCC(N)Cc1cnc(C2COc3ccccc3O2)nc1. The molecule has 1 aromatic carbocycles. The Balaban J connectivity index is 1.71. The first-order chi connectivity index (χ1) is 10.3. The maximum Gasteiger partial charge on any atom is 0.192 e. The molecule has 0 saturated carbocycles. The highest BCUT2D eigenvalue weighted by Gasteiger charge is 2.24. The van der Waals surface area contributed by atoms with Crippen LogP contribution in [0.2, 0.25) is 0 Å². The number of para-hydroxylation sites is 2. The van der Waals surface area contributed by atoms with Crippen LogP contribution in [0.4, 0.5) is 0 Å². The van der Waals surface area contributed by atoms with Crippen LogP contribution in [0.15, 0.2) is 36.7 Å². The fourth-order valence-corrected chi connectivity index (χ4v) is 2.23. The summed E-state index contributed by atoms with van der Waals surface area (Å²) in [6.07, 6.45) is 5.11. The molecule has 3 rings (SSSR count). The third-order valence-corrected chi connectivity index (χ3v) is 3.54. The molecule has 1 aliphatic heterocycles. The number of hydrogen-bond acceptors (Lipinski definition) is 5. The monoisotopic (exact) mass is 285 g/mol. The van der Waals surface area contributed by atoms with Gasteiger partial charge in [-0.15, -0.1) is 0 Å². The Morgan fingerprint density at radius 3 is 2.67 bits per heavy atom. The first-order valence-electron chi connectivity index (χ1n) is 7.21. The zero-order valence-corrected chi connectivity index (χ0v) is 12.0. The second-order valence-electron chi connectivity index (χ2n) is 5.19. The molecule has 2 heterocycles. The van der Waals surface area contributed by atoms with Crippen molar-refractivity contribution in [1.82, 2.24) is 9.97 Å². The van der Waals surface area contributed by atoms with Crippen molar-refractivity contribution < 1.29 is 9.47 Å². The van der Waals surface area contributed by atoms with Gasteiger partial charge in [0.1, 0.15) is 6.61 Å². The van der Waals surface area contributed by atoms with Crippen LogP contribution in [0, 0.1) is 0 Å². The Morgan fingerprint density at radius 2 is 1.95 bits per heavy atom.